The van der Waals surface area contributed by atoms with E-state index in [1.165, 1.54) is 0 Å². The highest BCUT2D eigenvalue weighted by molar-refractivity contribution is 5.93. The average molecular weight is 319 g/mol. The maximum Gasteiger partial charge on any atom is 0.341 e. The molecule has 0 aliphatic carbocycles. The van der Waals surface area contributed by atoms with E-state index in [2.05, 4.69) is 17.0 Å². The predicted octanol–water partition coefficient (Wildman–Crippen LogP) is 3.13. The Labute approximate surface area is 139 Å². The van der Waals surface area contributed by atoms with Crippen LogP contribution in [-0.4, -0.2) is 12.6 Å². The maximum atomic E-state index is 12.5. The Morgan fingerprint density at radius 1 is 1.17 bits per heavy atom. The second-order valence-corrected chi connectivity index (χ2v) is 6.64. The van der Waals surface area contributed by atoms with Crippen molar-refractivity contribution in [3.63, 3.8) is 0 Å². The molecular weight excluding hydrogens is 302 g/mol. The van der Waals surface area contributed by atoms with E-state index in [0.717, 1.165) is 43.3 Å². The van der Waals surface area contributed by atoms with Crippen molar-refractivity contribution in [2.45, 2.75) is 38.1 Å². The standard InChI is InChI=1S/C19H17N3O2/c20-11-19(12-21)10-14-17(22-9-5-1-2-8-16(19)22)13-6-3-4-7-15(13)24-18(14)23/h3-4,6-7,16H,1-2,5,8-10H2. The van der Waals surface area contributed by atoms with E-state index in [1.54, 1.807) is 6.07 Å². The molecule has 5 nitrogen and oxygen atoms in total. The van der Waals surface area contributed by atoms with E-state index in [1.807, 2.05) is 18.2 Å². The first-order valence-corrected chi connectivity index (χ1v) is 8.34. The molecule has 0 amide bonds. The first kappa shape index (κ1) is 14.8. The molecule has 4 rings (SSSR count). The highest BCUT2D eigenvalue weighted by Crippen LogP contribution is 2.45. The molecule has 3 heterocycles. The molecule has 1 saturated heterocycles. The molecule has 1 unspecified atom stereocenters. The molecule has 2 aromatic rings. The Morgan fingerprint density at radius 2 is 1.96 bits per heavy atom. The van der Waals surface area contributed by atoms with Crippen molar-refractivity contribution in [3.8, 4) is 12.1 Å². The molecule has 0 radical (unpaired) electrons. The third kappa shape index (κ3) is 1.95. The quantitative estimate of drug-likeness (QED) is 0.697. The third-order valence-electron chi connectivity index (χ3n) is 5.34. The maximum absolute atomic E-state index is 12.5. The number of hydrogen-bond donors (Lipinski definition) is 0. The number of nitriles is 2. The SMILES string of the molecule is N#CC1(C#N)Cc2c(c3ccccc3oc2=O)N2CCCCCC21. The molecule has 0 spiro atoms. The van der Waals surface area contributed by atoms with Gasteiger partial charge in [0.25, 0.3) is 0 Å². The van der Waals surface area contributed by atoms with Crippen LogP contribution in [-0.2, 0) is 6.42 Å². The smallest absolute Gasteiger partial charge is 0.341 e. The fraction of sp³-hybridized carbons (Fsp3) is 0.421. The van der Waals surface area contributed by atoms with Crippen LogP contribution in [0.25, 0.3) is 11.0 Å². The predicted molar refractivity (Wildman–Crippen MR) is 89.4 cm³/mol. The zero-order valence-electron chi connectivity index (χ0n) is 13.3. The van der Waals surface area contributed by atoms with E-state index in [0.29, 0.717) is 11.1 Å². The molecule has 2 aliphatic heterocycles. The Morgan fingerprint density at radius 3 is 2.75 bits per heavy atom. The van der Waals surface area contributed by atoms with Gasteiger partial charge in [-0.2, -0.15) is 10.5 Å². The molecule has 1 aromatic heterocycles. The lowest BCUT2D eigenvalue weighted by atomic mass is 9.72. The van der Waals surface area contributed by atoms with Crippen LogP contribution < -0.4 is 10.5 Å². The van der Waals surface area contributed by atoms with Crippen LogP contribution in [0.5, 0.6) is 0 Å². The largest absolute Gasteiger partial charge is 0.422 e. The zero-order chi connectivity index (χ0) is 16.7. The highest BCUT2D eigenvalue weighted by Gasteiger charge is 2.49. The summed E-state index contributed by atoms with van der Waals surface area (Å²) in [4.78, 5) is 14.7. The van der Waals surface area contributed by atoms with E-state index < -0.39 is 11.0 Å². The Hall–Kier alpha value is -2.79. The van der Waals surface area contributed by atoms with Crippen LogP contribution in [0.2, 0.25) is 0 Å². The second kappa shape index (κ2) is 5.39. The summed E-state index contributed by atoms with van der Waals surface area (Å²) in [5, 5.41) is 20.4. The van der Waals surface area contributed by atoms with Gasteiger partial charge in [-0.05, 0) is 25.0 Å². The minimum absolute atomic E-state index is 0.143. The van der Waals surface area contributed by atoms with Crippen molar-refractivity contribution in [1.82, 2.24) is 0 Å². The van der Waals surface area contributed by atoms with Crippen LogP contribution in [0.1, 0.15) is 31.2 Å². The summed E-state index contributed by atoms with van der Waals surface area (Å²) >= 11 is 0. The summed E-state index contributed by atoms with van der Waals surface area (Å²) in [6, 6.07) is 11.8. The van der Waals surface area contributed by atoms with Gasteiger partial charge in [-0.25, -0.2) is 4.79 Å². The van der Waals surface area contributed by atoms with Crippen molar-refractivity contribution in [1.29, 1.82) is 10.5 Å². The molecule has 24 heavy (non-hydrogen) atoms. The van der Waals surface area contributed by atoms with Gasteiger partial charge in [-0.3, -0.25) is 0 Å². The second-order valence-electron chi connectivity index (χ2n) is 6.64. The van der Waals surface area contributed by atoms with Gasteiger partial charge in [-0.15, -0.1) is 0 Å². The van der Waals surface area contributed by atoms with Gasteiger partial charge >= 0.3 is 5.63 Å². The highest BCUT2D eigenvalue weighted by atomic mass is 16.4. The molecule has 1 atom stereocenters. The molecule has 5 heteroatoms. The van der Waals surface area contributed by atoms with Gasteiger partial charge in [0.05, 0.1) is 29.4 Å². The summed E-state index contributed by atoms with van der Waals surface area (Å²) in [6.07, 6.45) is 4.02. The lowest BCUT2D eigenvalue weighted by molar-refractivity contribution is 0.345. The van der Waals surface area contributed by atoms with Crippen molar-refractivity contribution in [2.75, 3.05) is 11.4 Å². The molecule has 2 aliphatic rings. The van der Waals surface area contributed by atoms with E-state index in [-0.39, 0.29) is 12.5 Å². The number of benzene rings is 1. The fourth-order valence-corrected chi connectivity index (χ4v) is 4.19. The first-order valence-electron chi connectivity index (χ1n) is 8.34. The average Bonchev–Trinajstić information content (AvgIpc) is 2.87. The number of hydrogen-bond acceptors (Lipinski definition) is 5. The van der Waals surface area contributed by atoms with E-state index in [9.17, 15) is 15.3 Å². The summed E-state index contributed by atoms with van der Waals surface area (Å²) in [7, 11) is 0. The monoisotopic (exact) mass is 319 g/mol. The van der Waals surface area contributed by atoms with Crippen LogP contribution in [0.15, 0.2) is 33.5 Å². The van der Waals surface area contributed by atoms with Gasteiger partial charge in [0.2, 0.25) is 0 Å². The number of nitrogens with zero attached hydrogens (tertiary/aromatic N) is 3. The third-order valence-corrected chi connectivity index (χ3v) is 5.34. The van der Waals surface area contributed by atoms with Crippen molar-refractivity contribution in [2.24, 2.45) is 5.41 Å². The van der Waals surface area contributed by atoms with Crippen LogP contribution >= 0.6 is 0 Å². The van der Waals surface area contributed by atoms with Crippen LogP contribution in [0.3, 0.4) is 0 Å². The fourth-order valence-electron chi connectivity index (χ4n) is 4.19. The van der Waals surface area contributed by atoms with Gasteiger partial charge in [0.15, 0.2) is 5.41 Å². The molecule has 1 fully saturated rings. The molecule has 0 N–H and O–H groups in total. The van der Waals surface area contributed by atoms with Crippen molar-refractivity contribution >= 4 is 16.7 Å². The minimum atomic E-state index is -1.19. The number of para-hydroxylation sites is 1. The van der Waals surface area contributed by atoms with Crippen LogP contribution in [0, 0.1) is 28.1 Å². The summed E-state index contributed by atoms with van der Waals surface area (Å²) < 4.78 is 5.45. The topological polar surface area (TPSA) is 81.0 Å². The summed E-state index contributed by atoms with van der Waals surface area (Å²) in [6.45, 7) is 0.760. The Balaban J connectivity index is 2.06. The molecule has 0 saturated carbocycles. The number of fused-ring (bicyclic) bond motifs is 5. The van der Waals surface area contributed by atoms with Gasteiger partial charge in [0, 0.05) is 18.4 Å². The van der Waals surface area contributed by atoms with Crippen molar-refractivity contribution in [3.05, 3.63) is 40.2 Å². The lowest BCUT2D eigenvalue weighted by Gasteiger charge is -2.44. The minimum Gasteiger partial charge on any atom is -0.422 e. The van der Waals surface area contributed by atoms with E-state index >= 15 is 0 Å². The lowest BCUT2D eigenvalue weighted by Crippen LogP contribution is -2.52. The zero-order valence-corrected chi connectivity index (χ0v) is 13.3. The Bertz CT molecular complexity index is 934. The van der Waals surface area contributed by atoms with Crippen LogP contribution in [0.4, 0.5) is 5.69 Å². The number of rotatable bonds is 0. The summed E-state index contributed by atoms with van der Waals surface area (Å²) in [5.41, 5.74) is 0.283. The molecule has 1 aromatic carbocycles. The van der Waals surface area contributed by atoms with Gasteiger partial charge < -0.3 is 9.32 Å². The van der Waals surface area contributed by atoms with Crippen molar-refractivity contribution < 1.29 is 4.42 Å². The molecule has 120 valence electrons. The van der Waals surface area contributed by atoms with Gasteiger partial charge in [0.1, 0.15) is 5.58 Å². The van der Waals surface area contributed by atoms with Gasteiger partial charge in [-0.1, -0.05) is 25.0 Å². The Kier molecular flexibility index (Phi) is 3.32. The molecule has 0 bridgehead atoms. The molecular formula is C19H17N3O2. The first-order chi connectivity index (χ1) is 11.7. The summed E-state index contributed by atoms with van der Waals surface area (Å²) in [5.74, 6) is 0. The number of anilines is 1. The normalized spacial score (nSPS) is 21.9. The van der Waals surface area contributed by atoms with E-state index in [4.69, 9.17) is 4.42 Å².